The predicted octanol–water partition coefficient (Wildman–Crippen LogP) is -0.398. The number of para-hydroxylation sites is 1. The molecule has 5 aromatic carbocycles. The van der Waals surface area contributed by atoms with Crippen LogP contribution in [0.15, 0.2) is 152 Å². The average Bonchev–Trinajstić information content (AvgIpc) is 3.45. The van der Waals surface area contributed by atoms with Gasteiger partial charge in [-0.05, 0) is 21.2 Å². The van der Waals surface area contributed by atoms with E-state index in [2.05, 4.69) is 162 Å². The molecule has 0 saturated heterocycles. The third-order valence-electron chi connectivity index (χ3n) is 6.23. The second-order valence-corrected chi connectivity index (χ2v) is 12.9. The van der Waals surface area contributed by atoms with Crippen LogP contribution in [0.4, 0.5) is 0 Å². The average molecular weight is 523 g/mol. The second kappa shape index (κ2) is 14.2. The zero-order valence-corrected chi connectivity index (χ0v) is 24.1. The first kappa shape index (κ1) is 29.4. The molecule has 1 heterocycles. The molecule has 39 heavy (non-hydrogen) atoms. The summed E-state index contributed by atoms with van der Waals surface area (Å²) in [7, 11) is -1.55. The Bertz CT molecular complexity index is 1490. The van der Waals surface area contributed by atoms with Crippen LogP contribution in [0.1, 0.15) is 0 Å². The van der Waals surface area contributed by atoms with Gasteiger partial charge in [0, 0.05) is 0 Å². The number of aromatic nitrogens is 1. The van der Waals surface area contributed by atoms with Gasteiger partial charge in [-0.2, -0.15) is 24.3 Å². The van der Waals surface area contributed by atoms with E-state index in [4.69, 9.17) is 0 Å². The molecule has 0 saturated carbocycles. The van der Waals surface area contributed by atoms with E-state index >= 15 is 0 Å². The summed E-state index contributed by atoms with van der Waals surface area (Å²) < 4.78 is 2.25. The van der Waals surface area contributed by atoms with Gasteiger partial charge in [-0.1, -0.05) is 149 Å². The molecule has 0 unspecified atom stereocenters. The van der Waals surface area contributed by atoms with Gasteiger partial charge in [-0.3, -0.25) is 0 Å². The standard InChI is InChI=1S/C34H25NP2.2Li/c1-5-16-28(17-6-1)36(29-18-7-2-8-19-29)33-25-14-13-24-32(33)35-27-15-26-34(35)37(30-20-9-3-10-21-30)31-22-11-4-12-23-31;;/h1-23,25-26H;;/q-2;2*+1. The Hall–Kier alpha value is -2.57. The molecule has 178 valence electrons. The summed E-state index contributed by atoms with van der Waals surface area (Å²) in [5.74, 6) is 0. The maximum atomic E-state index is 3.62. The van der Waals surface area contributed by atoms with Crippen molar-refractivity contribution in [2.45, 2.75) is 0 Å². The van der Waals surface area contributed by atoms with Crippen LogP contribution in [0.25, 0.3) is 5.69 Å². The van der Waals surface area contributed by atoms with Gasteiger partial charge in [0.05, 0.1) is 0 Å². The Labute approximate surface area is 258 Å². The molecule has 0 bridgehead atoms. The van der Waals surface area contributed by atoms with E-state index in [-0.39, 0.29) is 37.7 Å². The molecule has 6 rings (SSSR count). The van der Waals surface area contributed by atoms with Crippen molar-refractivity contribution in [1.82, 2.24) is 4.57 Å². The van der Waals surface area contributed by atoms with Crippen molar-refractivity contribution in [3.63, 3.8) is 0 Å². The minimum absolute atomic E-state index is 0. The Morgan fingerprint density at radius 2 is 0.872 bits per heavy atom. The second-order valence-electron chi connectivity index (χ2n) is 8.57. The predicted molar refractivity (Wildman–Crippen MR) is 161 cm³/mol. The van der Waals surface area contributed by atoms with Gasteiger partial charge >= 0.3 is 37.7 Å². The fourth-order valence-corrected chi connectivity index (χ4v) is 9.36. The first-order valence-electron chi connectivity index (χ1n) is 12.3. The van der Waals surface area contributed by atoms with Crippen molar-refractivity contribution in [2.75, 3.05) is 0 Å². The molecule has 1 aromatic heterocycles. The molecule has 0 spiro atoms. The van der Waals surface area contributed by atoms with E-state index in [0.29, 0.717) is 0 Å². The van der Waals surface area contributed by atoms with Crippen LogP contribution in [-0.4, -0.2) is 4.57 Å². The molecule has 0 atom stereocenters. The maximum Gasteiger partial charge on any atom is 1.00 e. The molecular weight excluding hydrogens is 498 g/mol. The van der Waals surface area contributed by atoms with Crippen molar-refractivity contribution in [1.29, 1.82) is 0 Å². The topological polar surface area (TPSA) is 4.93 Å². The zero-order chi connectivity index (χ0) is 24.9. The number of nitrogens with zero attached hydrogens (tertiary/aromatic N) is 1. The van der Waals surface area contributed by atoms with Gasteiger partial charge in [0.25, 0.3) is 0 Å². The third kappa shape index (κ3) is 6.44. The molecule has 0 fully saturated rings. The molecule has 6 aromatic rings. The minimum atomic E-state index is -0.777. The quantitative estimate of drug-likeness (QED) is 0.153. The summed E-state index contributed by atoms with van der Waals surface area (Å²) in [5, 5.41) is 6.57. The van der Waals surface area contributed by atoms with Gasteiger partial charge in [0.1, 0.15) is 0 Å². The van der Waals surface area contributed by atoms with Gasteiger partial charge in [-0.15, -0.1) is 17.1 Å². The Morgan fingerprint density at radius 3 is 1.33 bits per heavy atom. The largest absolute Gasteiger partial charge is 1.00 e. The van der Waals surface area contributed by atoms with Gasteiger partial charge in [-0.25, -0.2) is 6.07 Å². The van der Waals surface area contributed by atoms with Crippen LogP contribution in [0.5, 0.6) is 0 Å². The number of hydrogen-bond donors (Lipinski definition) is 0. The van der Waals surface area contributed by atoms with Crippen molar-refractivity contribution >= 4 is 47.8 Å². The summed E-state index contributed by atoms with van der Waals surface area (Å²) in [5.41, 5.74) is 2.31. The maximum absolute atomic E-state index is 3.62. The Kier molecular flexibility index (Phi) is 10.7. The molecule has 1 nitrogen and oxygen atoms in total. The number of benzene rings is 5. The van der Waals surface area contributed by atoms with Crippen molar-refractivity contribution in [2.24, 2.45) is 0 Å². The molecular formula is C34H25Li2NP2. The summed E-state index contributed by atoms with van der Waals surface area (Å²) in [6.45, 7) is 0. The van der Waals surface area contributed by atoms with Gasteiger partial charge in [0.2, 0.25) is 0 Å². The molecule has 0 aliphatic rings. The van der Waals surface area contributed by atoms with E-state index in [9.17, 15) is 0 Å². The number of hydrogen-bond acceptors (Lipinski definition) is 0. The van der Waals surface area contributed by atoms with E-state index < -0.39 is 15.8 Å². The smallest absolute Gasteiger partial charge is 0.464 e. The first-order valence-corrected chi connectivity index (χ1v) is 15.0. The summed E-state index contributed by atoms with van der Waals surface area (Å²) in [6, 6.07) is 57.7. The Morgan fingerprint density at radius 1 is 0.436 bits per heavy atom. The summed E-state index contributed by atoms with van der Waals surface area (Å²) in [6.07, 6.45) is 3.55. The fourth-order valence-electron chi connectivity index (χ4n) is 4.61. The van der Waals surface area contributed by atoms with Crippen molar-refractivity contribution in [3.05, 3.63) is 164 Å². The normalized spacial score (nSPS) is 10.6. The molecule has 5 heteroatoms. The van der Waals surface area contributed by atoms with E-state index in [0.717, 1.165) is 5.69 Å². The van der Waals surface area contributed by atoms with Gasteiger partial charge in [0.15, 0.2) is 0 Å². The molecule has 0 radical (unpaired) electrons. The van der Waals surface area contributed by atoms with Crippen molar-refractivity contribution < 1.29 is 37.7 Å². The summed E-state index contributed by atoms with van der Waals surface area (Å²) >= 11 is 0. The van der Waals surface area contributed by atoms with Crippen LogP contribution < -0.4 is 69.7 Å². The minimum Gasteiger partial charge on any atom is -0.464 e. The van der Waals surface area contributed by atoms with Crippen LogP contribution in [0, 0.1) is 12.3 Å². The molecule has 0 amide bonds. The van der Waals surface area contributed by atoms with E-state index in [1.54, 1.807) is 0 Å². The third-order valence-corrected chi connectivity index (χ3v) is 11.1. The SMILES string of the molecule is [Li+].[Li+].[c-]1cccc(P(c2ccccc2)c2ccccc2)c1-n1[c-]ccc1P(c1ccccc1)c1ccccc1. The van der Waals surface area contributed by atoms with Crippen LogP contribution in [0.3, 0.4) is 0 Å². The number of rotatable bonds is 7. The first-order chi connectivity index (χ1) is 18.4. The van der Waals surface area contributed by atoms with Gasteiger partial charge < -0.3 is 4.57 Å². The van der Waals surface area contributed by atoms with Crippen LogP contribution >= 0.6 is 15.8 Å². The zero-order valence-electron chi connectivity index (χ0n) is 22.3. The van der Waals surface area contributed by atoms with Crippen LogP contribution in [0.2, 0.25) is 0 Å². The molecule has 0 aliphatic carbocycles. The summed E-state index contributed by atoms with van der Waals surface area (Å²) in [4.78, 5) is 0. The molecule has 0 aliphatic heterocycles. The molecule has 0 N–H and O–H groups in total. The fraction of sp³-hybridized carbons (Fsp3) is 0. The van der Waals surface area contributed by atoms with E-state index in [1.165, 1.54) is 32.0 Å². The monoisotopic (exact) mass is 523 g/mol. The van der Waals surface area contributed by atoms with Crippen molar-refractivity contribution in [3.8, 4) is 5.69 Å². The van der Waals surface area contributed by atoms with E-state index in [1.807, 2.05) is 6.07 Å². The Balaban J connectivity index is 0.00000176. The van der Waals surface area contributed by atoms with Crippen LogP contribution in [-0.2, 0) is 0 Å².